The molecule has 4 rings (SSSR count). The number of likely N-dealkylation sites (tertiary alicyclic amines) is 1. The van der Waals surface area contributed by atoms with E-state index in [0.29, 0.717) is 32.1 Å². The topological polar surface area (TPSA) is 99.3 Å². The minimum Gasteiger partial charge on any atom is -0.396 e. The van der Waals surface area contributed by atoms with E-state index in [1.54, 1.807) is 11.0 Å². The molecule has 126 valence electrons. The molecule has 2 aliphatic heterocycles. The van der Waals surface area contributed by atoms with Gasteiger partial charge < -0.3 is 29.3 Å². The van der Waals surface area contributed by atoms with Crippen LogP contribution >= 0.6 is 0 Å². The molecular weight excluding hydrogens is 302 g/mol. The third-order valence-electron chi connectivity index (χ3n) is 5.61. The van der Waals surface area contributed by atoms with E-state index in [4.69, 9.17) is 9.26 Å². The molecule has 3 heterocycles. The summed E-state index contributed by atoms with van der Waals surface area (Å²) < 4.78 is 10.5. The molecular formula is C15H21N3O5. The number of fused-ring (bicyclic) bond motifs is 1. The van der Waals surface area contributed by atoms with Crippen LogP contribution in [0.25, 0.3) is 0 Å². The van der Waals surface area contributed by atoms with Crippen molar-refractivity contribution in [2.24, 2.45) is 17.3 Å². The maximum absolute atomic E-state index is 12.5. The molecule has 1 aliphatic carbocycles. The highest BCUT2D eigenvalue weighted by atomic mass is 16.5. The highest BCUT2D eigenvalue weighted by molar-refractivity contribution is 5.92. The van der Waals surface area contributed by atoms with Crippen molar-refractivity contribution < 1.29 is 24.3 Å². The van der Waals surface area contributed by atoms with Gasteiger partial charge in [0.15, 0.2) is 5.82 Å². The highest BCUT2D eigenvalue weighted by Gasteiger charge is 2.68. The van der Waals surface area contributed by atoms with Gasteiger partial charge in [0, 0.05) is 37.7 Å². The third kappa shape index (κ3) is 2.24. The average Bonchev–Trinajstić information content (AvgIpc) is 3.02. The summed E-state index contributed by atoms with van der Waals surface area (Å²) in [6.45, 7) is 3.84. The van der Waals surface area contributed by atoms with Crippen LogP contribution in [0.3, 0.4) is 0 Å². The Kier molecular flexibility index (Phi) is 3.55. The second-order valence-corrected chi connectivity index (χ2v) is 6.62. The first-order valence-corrected chi connectivity index (χ1v) is 8.00. The van der Waals surface area contributed by atoms with Crippen LogP contribution in [0.4, 0.5) is 5.82 Å². The van der Waals surface area contributed by atoms with Crippen LogP contribution < -0.4 is 4.90 Å². The number of nitrogens with zero attached hydrogens (tertiary/aromatic N) is 3. The summed E-state index contributed by atoms with van der Waals surface area (Å²) in [6, 6.07) is 1.68. The molecule has 3 aliphatic rings. The van der Waals surface area contributed by atoms with Crippen molar-refractivity contribution in [3.05, 3.63) is 11.8 Å². The van der Waals surface area contributed by atoms with Crippen LogP contribution in [0.15, 0.2) is 10.6 Å². The number of carbonyl (C=O) groups excluding carboxylic acids is 1. The number of hydrogen-bond acceptors (Lipinski definition) is 7. The second kappa shape index (κ2) is 5.47. The number of anilines is 1. The highest BCUT2D eigenvalue weighted by Crippen LogP contribution is 2.62. The monoisotopic (exact) mass is 323 g/mol. The third-order valence-corrected chi connectivity index (χ3v) is 5.61. The van der Waals surface area contributed by atoms with Gasteiger partial charge in [-0.3, -0.25) is 4.79 Å². The van der Waals surface area contributed by atoms with E-state index < -0.39 is 5.41 Å². The van der Waals surface area contributed by atoms with Crippen molar-refractivity contribution >= 4 is 11.7 Å². The predicted octanol–water partition coefficient (Wildman–Crippen LogP) is -0.816. The van der Waals surface area contributed by atoms with Crippen molar-refractivity contribution in [1.82, 2.24) is 10.1 Å². The lowest BCUT2D eigenvalue weighted by molar-refractivity contribution is 0.0605. The lowest BCUT2D eigenvalue weighted by Crippen LogP contribution is -2.36. The SMILES string of the molecule is O=C(c1cc(N2CCOCC2)no1)N1CC2C(C1)C2(CO)CO. The number of carbonyl (C=O) groups is 1. The fraction of sp³-hybridized carbons (Fsp3) is 0.733. The van der Waals surface area contributed by atoms with Crippen molar-refractivity contribution in [3.8, 4) is 0 Å². The van der Waals surface area contributed by atoms with Crippen LogP contribution in [-0.4, -0.2) is 78.8 Å². The number of morpholine rings is 1. The van der Waals surface area contributed by atoms with Crippen LogP contribution in [-0.2, 0) is 4.74 Å². The van der Waals surface area contributed by atoms with E-state index in [1.165, 1.54) is 0 Å². The Bertz CT molecular complexity index is 580. The molecule has 1 saturated carbocycles. The Hall–Kier alpha value is -1.64. The summed E-state index contributed by atoms with van der Waals surface area (Å²) in [6.07, 6.45) is 0. The maximum atomic E-state index is 12.5. The Labute approximate surface area is 133 Å². The molecule has 2 unspecified atom stereocenters. The molecule has 2 N–H and O–H groups in total. The van der Waals surface area contributed by atoms with Crippen LogP contribution in [0.2, 0.25) is 0 Å². The van der Waals surface area contributed by atoms with Gasteiger partial charge in [0.25, 0.3) is 5.91 Å². The molecule has 8 nitrogen and oxygen atoms in total. The van der Waals surface area contributed by atoms with Crippen LogP contribution in [0.5, 0.6) is 0 Å². The standard InChI is InChI=1S/C15H21N3O5/c19-8-15(9-20)10-6-18(7-11(10)15)14(21)12-5-13(16-23-12)17-1-3-22-4-2-17/h5,10-11,19-20H,1-4,6-9H2. The molecule has 1 aromatic rings. The molecule has 0 spiro atoms. The summed E-state index contributed by atoms with van der Waals surface area (Å²) in [7, 11) is 0. The van der Waals surface area contributed by atoms with E-state index in [1.807, 2.05) is 4.90 Å². The smallest absolute Gasteiger partial charge is 0.292 e. The number of ether oxygens (including phenoxy) is 1. The lowest BCUT2D eigenvalue weighted by atomic mass is 10.0. The lowest BCUT2D eigenvalue weighted by Gasteiger charge is -2.25. The van der Waals surface area contributed by atoms with Gasteiger partial charge in [0.1, 0.15) is 0 Å². The zero-order valence-electron chi connectivity index (χ0n) is 12.8. The van der Waals surface area contributed by atoms with E-state index in [0.717, 1.165) is 13.1 Å². The molecule has 23 heavy (non-hydrogen) atoms. The Morgan fingerprint density at radius 1 is 1.26 bits per heavy atom. The van der Waals surface area contributed by atoms with Gasteiger partial charge in [-0.1, -0.05) is 5.16 Å². The van der Waals surface area contributed by atoms with E-state index in [2.05, 4.69) is 5.16 Å². The van der Waals surface area contributed by atoms with Crippen molar-refractivity contribution in [2.75, 3.05) is 57.5 Å². The molecule has 0 bridgehead atoms. The molecule has 0 radical (unpaired) electrons. The zero-order chi connectivity index (χ0) is 16.0. The quantitative estimate of drug-likeness (QED) is 0.747. The summed E-state index contributed by atoms with van der Waals surface area (Å²) >= 11 is 0. The fourth-order valence-electron chi connectivity index (χ4n) is 3.99. The second-order valence-electron chi connectivity index (χ2n) is 6.62. The van der Waals surface area contributed by atoms with Gasteiger partial charge in [-0.05, 0) is 11.8 Å². The summed E-state index contributed by atoms with van der Waals surface area (Å²) in [5, 5.41) is 22.9. The van der Waals surface area contributed by atoms with Crippen molar-refractivity contribution in [1.29, 1.82) is 0 Å². The first-order chi connectivity index (χ1) is 11.2. The zero-order valence-corrected chi connectivity index (χ0v) is 12.8. The van der Waals surface area contributed by atoms with Gasteiger partial charge in [0.2, 0.25) is 5.76 Å². The average molecular weight is 323 g/mol. The number of piperidine rings is 1. The number of aliphatic hydroxyl groups excluding tert-OH is 2. The number of hydrogen-bond donors (Lipinski definition) is 2. The number of aromatic nitrogens is 1. The maximum Gasteiger partial charge on any atom is 0.292 e. The summed E-state index contributed by atoms with van der Waals surface area (Å²) in [5.41, 5.74) is -0.392. The molecule has 2 atom stereocenters. The van der Waals surface area contributed by atoms with E-state index in [9.17, 15) is 15.0 Å². The summed E-state index contributed by atoms with van der Waals surface area (Å²) in [4.78, 5) is 16.3. The van der Waals surface area contributed by atoms with Crippen LogP contribution in [0, 0.1) is 17.3 Å². The first-order valence-electron chi connectivity index (χ1n) is 8.00. The molecule has 8 heteroatoms. The van der Waals surface area contributed by atoms with Crippen molar-refractivity contribution in [3.63, 3.8) is 0 Å². The normalized spacial score (nSPS) is 28.8. The van der Waals surface area contributed by atoms with Crippen molar-refractivity contribution in [2.45, 2.75) is 0 Å². The van der Waals surface area contributed by atoms with Gasteiger partial charge >= 0.3 is 0 Å². The molecule has 0 aromatic carbocycles. The minimum absolute atomic E-state index is 0.0235. The van der Waals surface area contributed by atoms with Gasteiger partial charge in [-0.2, -0.15) is 0 Å². The summed E-state index contributed by atoms with van der Waals surface area (Å²) in [5.74, 6) is 1.10. The van der Waals surface area contributed by atoms with Gasteiger partial charge in [-0.15, -0.1) is 0 Å². The van der Waals surface area contributed by atoms with Gasteiger partial charge in [-0.25, -0.2) is 0 Å². The van der Waals surface area contributed by atoms with E-state index >= 15 is 0 Å². The molecule has 3 fully saturated rings. The largest absolute Gasteiger partial charge is 0.396 e. The van der Waals surface area contributed by atoms with Gasteiger partial charge in [0.05, 0.1) is 26.4 Å². The predicted molar refractivity (Wildman–Crippen MR) is 79.0 cm³/mol. The number of aliphatic hydroxyl groups is 2. The minimum atomic E-state index is -0.392. The molecule has 1 aromatic heterocycles. The fourth-order valence-corrected chi connectivity index (χ4v) is 3.99. The van der Waals surface area contributed by atoms with Crippen LogP contribution in [0.1, 0.15) is 10.6 Å². The Morgan fingerprint density at radius 3 is 2.52 bits per heavy atom. The number of rotatable bonds is 4. The Balaban J connectivity index is 1.40. The molecule has 1 amide bonds. The molecule has 2 saturated heterocycles. The van der Waals surface area contributed by atoms with E-state index in [-0.39, 0.29) is 36.7 Å². The Morgan fingerprint density at radius 2 is 1.91 bits per heavy atom. The first kappa shape index (κ1) is 14.9. The number of amides is 1.